The van der Waals surface area contributed by atoms with Crippen molar-refractivity contribution in [1.82, 2.24) is 4.31 Å². The van der Waals surface area contributed by atoms with Gasteiger partial charge in [0.2, 0.25) is 15.9 Å². The van der Waals surface area contributed by atoms with Crippen LogP contribution < -0.4 is 20.1 Å². The summed E-state index contributed by atoms with van der Waals surface area (Å²) in [5, 5.41) is 5.60. The van der Waals surface area contributed by atoms with Crippen LogP contribution in [0.4, 0.5) is 11.4 Å². The first-order valence-electron chi connectivity index (χ1n) is 10.9. The highest BCUT2D eigenvalue weighted by atomic mass is 32.2. The molecule has 0 aliphatic carbocycles. The third-order valence-corrected chi connectivity index (χ3v) is 7.84. The van der Waals surface area contributed by atoms with Crippen molar-refractivity contribution in [2.75, 3.05) is 30.8 Å². The van der Waals surface area contributed by atoms with Crippen LogP contribution in [0.2, 0.25) is 0 Å². The summed E-state index contributed by atoms with van der Waals surface area (Å²) in [7, 11) is -2.21. The summed E-state index contributed by atoms with van der Waals surface area (Å²) in [5.74, 6) is 0.380. The molecule has 2 N–H and O–H groups in total. The topological polar surface area (TPSA) is 114 Å². The minimum atomic E-state index is -3.77. The van der Waals surface area contributed by atoms with Gasteiger partial charge in [-0.3, -0.25) is 9.59 Å². The summed E-state index contributed by atoms with van der Waals surface area (Å²) in [6.07, 6.45) is 0.767. The van der Waals surface area contributed by atoms with Crippen molar-refractivity contribution in [3.63, 3.8) is 0 Å². The maximum atomic E-state index is 13.2. The molecule has 2 aromatic carbocycles. The van der Waals surface area contributed by atoms with Crippen LogP contribution in [-0.2, 0) is 19.6 Å². The van der Waals surface area contributed by atoms with Crippen molar-refractivity contribution in [1.29, 1.82) is 0 Å². The number of ether oxygens (including phenoxy) is 2. The molecule has 1 atom stereocenters. The smallest absolute Gasteiger partial charge is 0.265 e. The van der Waals surface area contributed by atoms with E-state index in [1.54, 1.807) is 37.4 Å². The van der Waals surface area contributed by atoms with Crippen molar-refractivity contribution in [3.05, 3.63) is 42.5 Å². The zero-order chi connectivity index (χ0) is 23.6. The van der Waals surface area contributed by atoms with Crippen molar-refractivity contribution in [3.8, 4) is 11.5 Å². The number of amides is 2. The Morgan fingerprint density at radius 1 is 1.21 bits per heavy atom. The summed E-state index contributed by atoms with van der Waals surface area (Å²) < 4.78 is 38.5. The second-order valence-corrected chi connectivity index (χ2v) is 10.00. The highest BCUT2D eigenvalue weighted by molar-refractivity contribution is 7.89. The molecule has 4 rings (SSSR count). The maximum Gasteiger partial charge on any atom is 0.265 e. The van der Waals surface area contributed by atoms with Gasteiger partial charge in [0, 0.05) is 30.8 Å². The molecule has 0 saturated carbocycles. The first-order valence-corrected chi connectivity index (χ1v) is 12.3. The molecule has 9 nitrogen and oxygen atoms in total. The molecular formula is C23H27N3O6S. The number of hydrogen-bond donors (Lipinski definition) is 2. The molecule has 0 bridgehead atoms. The Bertz CT molecular complexity index is 1160. The van der Waals surface area contributed by atoms with Crippen LogP contribution >= 0.6 is 0 Å². The van der Waals surface area contributed by atoms with Crippen LogP contribution in [-0.4, -0.2) is 50.8 Å². The van der Waals surface area contributed by atoms with E-state index >= 15 is 0 Å². The van der Waals surface area contributed by atoms with Crippen molar-refractivity contribution < 1.29 is 27.5 Å². The normalized spacial score (nSPS) is 19.2. The highest BCUT2D eigenvalue weighted by Crippen LogP contribution is 2.34. The standard InChI is InChI=1S/C23H27N3O6S/c1-3-20-23(28)25-19-14-18(7-8-21(19)32-20)33(29,30)26-11-9-15(10-12-26)22(27)24-16-5-4-6-17(13-16)31-2/h4-8,13-15,20H,3,9-12H2,1-2H3,(H,24,27)(H,25,28)/t20-/m0/s1. The minimum Gasteiger partial charge on any atom is -0.497 e. The van der Waals surface area contributed by atoms with Gasteiger partial charge in [0.1, 0.15) is 11.5 Å². The number of nitrogens with zero attached hydrogens (tertiary/aromatic N) is 1. The largest absolute Gasteiger partial charge is 0.497 e. The van der Waals surface area contributed by atoms with Gasteiger partial charge in [0.05, 0.1) is 17.7 Å². The molecule has 176 valence electrons. The molecule has 2 aromatic rings. The van der Waals surface area contributed by atoms with Gasteiger partial charge >= 0.3 is 0 Å². The second-order valence-electron chi connectivity index (χ2n) is 8.06. The van der Waals surface area contributed by atoms with E-state index in [2.05, 4.69) is 10.6 Å². The number of hydrogen-bond acceptors (Lipinski definition) is 6. The number of rotatable bonds is 6. The zero-order valence-corrected chi connectivity index (χ0v) is 19.4. The summed E-state index contributed by atoms with van der Waals surface area (Å²) in [5.41, 5.74) is 0.983. The van der Waals surface area contributed by atoms with Gasteiger partial charge in [-0.1, -0.05) is 13.0 Å². The molecule has 2 heterocycles. The van der Waals surface area contributed by atoms with E-state index in [0.717, 1.165) is 0 Å². The number of carbonyl (C=O) groups excluding carboxylic acids is 2. The van der Waals surface area contributed by atoms with Crippen LogP contribution in [0.25, 0.3) is 0 Å². The minimum absolute atomic E-state index is 0.0828. The Morgan fingerprint density at radius 3 is 2.67 bits per heavy atom. The Labute approximate surface area is 193 Å². The van der Waals surface area contributed by atoms with Gasteiger partial charge in [0.15, 0.2) is 6.10 Å². The Hall–Kier alpha value is -3.11. The summed E-state index contributed by atoms with van der Waals surface area (Å²) >= 11 is 0. The fourth-order valence-electron chi connectivity index (χ4n) is 4.01. The molecule has 2 amide bonds. The third kappa shape index (κ3) is 4.81. The van der Waals surface area contributed by atoms with Gasteiger partial charge in [-0.25, -0.2) is 8.42 Å². The number of methoxy groups -OCH3 is 1. The van der Waals surface area contributed by atoms with Gasteiger partial charge < -0.3 is 20.1 Å². The van der Waals surface area contributed by atoms with Crippen molar-refractivity contribution in [2.24, 2.45) is 5.92 Å². The van der Waals surface area contributed by atoms with Gasteiger partial charge in [-0.05, 0) is 49.6 Å². The lowest BCUT2D eigenvalue weighted by Gasteiger charge is -2.31. The number of anilines is 2. The van der Waals surface area contributed by atoms with Crippen LogP contribution in [0.1, 0.15) is 26.2 Å². The molecule has 2 aliphatic heterocycles. The van der Waals surface area contributed by atoms with Crippen molar-refractivity contribution in [2.45, 2.75) is 37.2 Å². The number of piperidine rings is 1. The SMILES string of the molecule is CC[C@@H]1Oc2ccc(S(=O)(=O)N3CCC(C(=O)Nc4cccc(OC)c4)CC3)cc2NC1=O. The molecule has 1 fully saturated rings. The van der Waals surface area contributed by atoms with E-state index in [1.807, 2.05) is 6.92 Å². The quantitative estimate of drug-likeness (QED) is 0.667. The average molecular weight is 474 g/mol. The average Bonchev–Trinajstić information content (AvgIpc) is 2.83. The molecule has 0 radical (unpaired) electrons. The Kier molecular flexibility index (Phi) is 6.57. The number of sulfonamides is 1. The van der Waals surface area contributed by atoms with Crippen LogP contribution in [0.5, 0.6) is 11.5 Å². The molecule has 10 heteroatoms. The molecule has 0 aromatic heterocycles. The summed E-state index contributed by atoms with van der Waals surface area (Å²) in [4.78, 5) is 24.8. The molecule has 33 heavy (non-hydrogen) atoms. The summed E-state index contributed by atoms with van der Waals surface area (Å²) in [6.45, 7) is 2.31. The van der Waals surface area contributed by atoms with E-state index in [9.17, 15) is 18.0 Å². The number of carbonyl (C=O) groups is 2. The third-order valence-electron chi connectivity index (χ3n) is 5.94. The molecule has 0 spiro atoms. The number of benzene rings is 2. The van der Waals surface area contributed by atoms with Gasteiger partial charge in [-0.15, -0.1) is 0 Å². The predicted octanol–water partition coefficient (Wildman–Crippen LogP) is 2.84. The molecule has 1 saturated heterocycles. The van der Waals surface area contributed by atoms with Crippen LogP contribution in [0, 0.1) is 5.92 Å². The first-order chi connectivity index (χ1) is 15.8. The van der Waals surface area contributed by atoms with E-state index in [4.69, 9.17) is 9.47 Å². The van der Waals surface area contributed by atoms with Crippen molar-refractivity contribution >= 4 is 33.2 Å². The van der Waals surface area contributed by atoms with E-state index in [0.29, 0.717) is 42.1 Å². The number of nitrogens with one attached hydrogen (secondary N) is 2. The number of fused-ring (bicyclic) bond motifs is 1. The van der Waals surface area contributed by atoms with Gasteiger partial charge in [-0.2, -0.15) is 4.31 Å². The lowest BCUT2D eigenvalue weighted by Crippen LogP contribution is -2.41. The Morgan fingerprint density at radius 2 is 1.97 bits per heavy atom. The predicted molar refractivity (Wildman–Crippen MR) is 123 cm³/mol. The van der Waals surface area contributed by atoms with E-state index < -0.39 is 16.1 Å². The molecular weight excluding hydrogens is 446 g/mol. The van der Waals surface area contributed by atoms with Crippen LogP contribution in [0.15, 0.2) is 47.4 Å². The lowest BCUT2D eigenvalue weighted by atomic mass is 9.97. The van der Waals surface area contributed by atoms with Gasteiger partial charge in [0.25, 0.3) is 5.91 Å². The second kappa shape index (κ2) is 9.40. The maximum absolute atomic E-state index is 13.2. The monoisotopic (exact) mass is 473 g/mol. The Balaban J connectivity index is 1.40. The fourth-order valence-corrected chi connectivity index (χ4v) is 5.51. The zero-order valence-electron chi connectivity index (χ0n) is 18.5. The molecule has 0 unspecified atom stereocenters. The highest BCUT2D eigenvalue weighted by Gasteiger charge is 2.34. The molecule has 2 aliphatic rings. The lowest BCUT2D eigenvalue weighted by molar-refractivity contribution is -0.123. The van der Waals surface area contributed by atoms with Crippen LogP contribution in [0.3, 0.4) is 0 Å². The first kappa shape index (κ1) is 23.1. The fraction of sp³-hybridized carbons (Fsp3) is 0.391. The van der Waals surface area contributed by atoms with E-state index in [-0.39, 0.29) is 35.7 Å². The summed E-state index contributed by atoms with van der Waals surface area (Å²) in [6, 6.07) is 11.6. The van der Waals surface area contributed by atoms with E-state index in [1.165, 1.54) is 16.4 Å².